The fourth-order valence-electron chi connectivity index (χ4n) is 4.62. The third-order valence-corrected chi connectivity index (χ3v) is 6.67. The predicted octanol–water partition coefficient (Wildman–Crippen LogP) is 1.14. The maximum Gasteiger partial charge on any atom is 0.261 e. The summed E-state index contributed by atoms with van der Waals surface area (Å²) in [5, 5.41) is 10.1. The molecule has 13 nitrogen and oxygen atoms in total. The number of rotatable bonds is 8. The van der Waals surface area contributed by atoms with Gasteiger partial charge in [0.2, 0.25) is 17.7 Å². The van der Waals surface area contributed by atoms with Crippen molar-refractivity contribution in [2.75, 3.05) is 61.8 Å². The zero-order valence-electron chi connectivity index (χ0n) is 20.8. The van der Waals surface area contributed by atoms with Crippen LogP contribution in [0.2, 0.25) is 0 Å². The molecule has 1 aromatic carbocycles. The number of benzene rings is 1. The third-order valence-electron chi connectivity index (χ3n) is 6.67. The molecule has 2 aliphatic heterocycles. The highest BCUT2D eigenvalue weighted by atomic mass is 19.1. The molecule has 15 heteroatoms. The van der Waals surface area contributed by atoms with Crippen molar-refractivity contribution in [3.8, 4) is 17.3 Å². The van der Waals surface area contributed by atoms with Crippen LogP contribution >= 0.6 is 0 Å². The van der Waals surface area contributed by atoms with Crippen molar-refractivity contribution in [2.45, 2.75) is 12.5 Å². The van der Waals surface area contributed by atoms with Gasteiger partial charge in [0.05, 0.1) is 12.0 Å². The number of carbonyl (C=O) groups is 1. The zero-order chi connectivity index (χ0) is 26.9. The summed E-state index contributed by atoms with van der Waals surface area (Å²) >= 11 is 0. The molecule has 39 heavy (non-hydrogen) atoms. The van der Waals surface area contributed by atoms with Crippen LogP contribution in [0.4, 0.5) is 26.4 Å². The molecule has 0 radical (unpaired) electrons. The Morgan fingerprint density at radius 3 is 2.74 bits per heavy atom. The SMILES string of the molecule is Nc1nc(NCCN2CCN(c3cc(O[C@H]4CCNC4=O)c(F)cc3F)CC2)nc2nc(-c3ccco3)nn12. The fraction of sp³-hybridized carbons (Fsp3) is 0.375. The Kier molecular flexibility index (Phi) is 6.56. The van der Waals surface area contributed by atoms with Crippen LogP contribution in [0, 0.1) is 11.6 Å². The number of anilines is 3. The number of aromatic nitrogens is 5. The smallest absolute Gasteiger partial charge is 0.261 e. The van der Waals surface area contributed by atoms with Crippen molar-refractivity contribution in [2.24, 2.45) is 0 Å². The van der Waals surface area contributed by atoms with Gasteiger partial charge in [-0.15, -0.1) is 5.10 Å². The molecule has 4 aromatic rings. The molecule has 0 aliphatic carbocycles. The van der Waals surface area contributed by atoms with Crippen molar-refractivity contribution < 1.29 is 22.7 Å². The summed E-state index contributed by atoms with van der Waals surface area (Å²) in [4.78, 5) is 28.8. The topological polar surface area (TPSA) is 152 Å². The minimum atomic E-state index is -0.829. The molecule has 2 aliphatic rings. The minimum absolute atomic E-state index is 0.125. The van der Waals surface area contributed by atoms with E-state index < -0.39 is 17.7 Å². The minimum Gasteiger partial charge on any atom is -0.477 e. The standard InChI is InChI=1S/C24H26F2N10O3/c25-14-12-15(26)19(39-18-3-4-28-21(18)37)13-16(14)35-9-7-34(8-10-35)6-5-29-23-31-22(27)36-24(32-23)30-20(33-36)17-2-1-11-38-17/h1-2,11-13,18H,3-10H2,(H,28,37)(H3,27,29,30,31,32,33)/t18-/m0/s1. The van der Waals surface area contributed by atoms with Gasteiger partial charge >= 0.3 is 0 Å². The maximum absolute atomic E-state index is 14.6. The summed E-state index contributed by atoms with van der Waals surface area (Å²) in [6.07, 6.45) is 1.20. The highest BCUT2D eigenvalue weighted by Crippen LogP contribution is 2.30. The van der Waals surface area contributed by atoms with Crippen LogP contribution < -0.4 is 26.0 Å². The van der Waals surface area contributed by atoms with Crippen LogP contribution in [0.1, 0.15) is 6.42 Å². The number of hydrogen-bond donors (Lipinski definition) is 3. The quantitative estimate of drug-likeness (QED) is 0.295. The number of furan rings is 1. The molecule has 1 atom stereocenters. The van der Waals surface area contributed by atoms with Crippen molar-refractivity contribution >= 4 is 29.3 Å². The molecule has 2 saturated heterocycles. The van der Waals surface area contributed by atoms with E-state index in [4.69, 9.17) is 14.9 Å². The lowest BCUT2D eigenvalue weighted by molar-refractivity contribution is -0.125. The van der Waals surface area contributed by atoms with E-state index >= 15 is 0 Å². The molecule has 2 fully saturated rings. The van der Waals surface area contributed by atoms with Gasteiger partial charge in [-0.1, -0.05) is 0 Å². The van der Waals surface area contributed by atoms with Crippen LogP contribution in [0.5, 0.6) is 5.75 Å². The van der Waals surface area contributed by atoms with Gasteiger partial charge in [0, 0.05) is 64.4 Å². The molecule has 5 heterocycles. The van der Waals surface area contributed by atoms with Gasteiger partial charge in [-0.25, -0.2) is 8.78 Å². The van der Waals surface area contributed by atoms with Gasteiger partial charge in [0.1, 0.15) is 5.82 Å². The lowest BCUT2D eigenvalue weighted by Gasteiger charge is -2.36. The van der Waals surface area contributed by atoms with Gasteiger partial charge in [-0.2, -0.15) is 19.5 Å². The lowest BCUT2D eigenvalue weighted by atomic mass is 10.2. The number of amides is 1. The summed E-state index contributed by atoms with van der Waals surface area (Å²) in [5.41, 5.74) is 6.29. The first-order chi connectivity index (χ1) is 18.9. The number of nitrogens with one attached hydrogen (secondary N) is 2. The highest BCUT2D eigenvalue weighted by Gasteiger charge is 2.28. The molecular formula is C24H26F2N10O3. The van der Waals surface area contributed by atoms with Gasteiger partial charge in [-0.05, 0) is 12.1 Å². The first kappa shape index (κ1) is 24.8. The lowest BCUT2D eigenvalue weighted by Crippen LogP contribution is -2.48. The van der Waals surface area contributed by atoms with E-state index in [2.05, 4.69) is 35.6 Å². The van der Waals surface area contributed by atoms with Crippen molar-refractivity contribution in [3.63, 3.8) is 0 Å². The average Bonchev–Trinajstić information content (AvgIpc) is 3.68. The van der Waals surface area contributed by atoms with E-state index in [9.17, 15) is 13.6 Å². The van der Waals surface area contributed by atoms with E-state index in [0.29, 0.717) is 75.5 Å². The Hall–Kier alpha value is -4.53. The number of piperazine rings is 1. The normalized spacial score (nSPS) is 18.1. The highest BCUT2D eigenvalue weighted by molar-refractivity contribution is 5.83. The molecule has 0 spiro atoms. The number of nitrogen functional groups attached to an aromatic ring is 1. The van der Waals surface area contributed by atoms with Crippen molar-refractivity contribution in [1.82, 2.24) is 34.8 Å². The van der Waals surface area contributed by atoms with E-state index in [-0.39, 0.29) is 23.3 Å². The number of fused-ring (bicyclic) bond motifs is 1. The second kappa shape index (κ2) is 10.3. The molecule has 0 bridgehead atoms. The Balaban J connectivity index is 1.03. The summed E-state index contributed by atoms with van der Waals surface area (Å²) in [7, 11) is 0. The molecule has 4 N–H and O–H groups in total. The Labute approximate surface area is 221 Å². The summed E-state index contributed by atoms with van der Waals surface area (Å²) < 4.78 is 41.2. The van der Waals surface area contributed by atoms with Gasteiger partial charge in [0.15, 0.2) is 23.4 Å². The van der Waals surface area contributed by atoms with E-state index in [1.807, 2.05) is 4.90 Å². The number of halogens is 2. The van der Waals surface area contributed by atoms with Crippen LogP contribution in [-0.4, -0.2) is 87.3 Å². The Morgan fingerprint density at radius 1 is 1.15 bits per heavy atom. The number of carbonyl (C=O) groups excluding carboxylic acids is 1. The van der Waals surface area contributed by atoms with Crippen LogP contribution in [-0.2, 0) is 4.79 Å². The van der Waals surface area contributed by atoms with E-state index in [0.717, 1.165) is 6.07 Å². The van der Waals surface area contributed by atoms with Crippen LogP contribution in [0.25, 0.3) is 17.4 Å². The Morgan fingerprint density at radius 2 is 2.00 bits per heavy atom. The summed E-state index contributed by atoms with van der Waals surface area (Å²) in [6, 6.07) is 5.63. The predicted molar refractivity (Wildman–Crippen MR) is 136 cm³/mol. The van der Waals surface area contributed by atoms with Gasteiger partial charge in [-0.3, -0.25) is 9.69 Å². The second-order valence-electron chi connectivity index (χ2n) is 9.21. The zero-order valence-corrected chi connectivity index (χ0v) is 20.8. The first-order valence-corrected chi connectivity index (χ1v) is 12.5. The molecule has 204 valence electrons. The van der Waals surface area contributed by atoms with Gasteiger partial charge in [0.25, 0.3) is 11.7 Å². The third kappa shape index (κ3) is 5.12. The van der Waals surface area contributed by atoms with Gasteiger partial charge < -0.3 is 30.4 Å². The fourth-order valence-corrected chi connectivity index (χ4v) is 4.62. The largest absolute Gasteiger partial charge is 0.477 e. The van der Waals surface area contributed by atoms with E-state index in [1.54, 1.807) is 12.1 Å². The molecule has 0 unspecified atom stereocenters. The summed E-state index contributed by atoms with van der Waals surface area (Å²) in [6.45, 7) is 4.10. The molecule has 1 amide bonds. The first-order valence-electron chi connectivity index (χ1n) is 12.5. The number of nitrogens with two attached hydrogens (primary N) is 1. The van der Waals surface area contributed by atoms with Crippen molar-refractivity contribution in [1.29, 1.82) is 0 Å². The maximum atomic E-state index is 14.6. The second-order valence-corrected chi connectivity index (χ2v) is 9.21. The molecule has 6 rings (SSSR count). The molecule has 3 aromatic heterocycles. The van der Waals surface area contributed by atoms with Crippen LogP contribution in [0.15, 0.2) is 34.9 Å². The Bertz CT molecular complexity index is 1490. The van der Waals surface area contributed by atoms with Crippen LogP contribution in [0.3, 0.4) is 0 Å². The van der Waals surface area contributed by atoms with Crippen molar-refractivity contribution in [3.05, 3.63) is 42.2 Å². The number of hydrogen-bond acceptors (Lipinski definition) is 11. The number of nitrogens with zero attached hydrogens (tertiary/aromatic N) is 7. The van der Waals surface area contributed by atoms with E-state index in [1.165, 1.54) is 16.8 Å². The molecular weight excluding hydrogens is 514 g/mol. The number of ether oxygens (including phenoxy) is 1. The summed E-state index contributed by atoms with van der Waals surface area (Å²) in [5.74, 6) is -0.298. The monoisotopic (exact) mass is 540 g/mol. The average molecular weight is 541 g/mol. The molecule has 0 saturated carbocycles.